The average molecular weight is 461 g/mol. The number of carbonyl (C=O) groups is 1. The van der Waals surface area contributed by atoms with Gasteiger partial charge in [0.15, 0.2) is 5.78 Å². The Labute approximate surface area is 175 Å². The molecule has 0 bridgehead atoms. The van der Waals surface area contributed by atoms with Gasteiger partial charge in [-0.1, -0.05) is 0 Å². The SMILES string of the molecule is CS(=O)(=O)N(c1ncc(C(=O)c2cc(F)ccc2C(F)(F)F)c(N)n1)C1CCNCC1. The van der Waals surface area contributed by atoms with E-state index in [2.05, 4.69) is 15.3 Å². The monoisotopic (exact) mass is 461 g/mol. The lowest BCUT2D eigenvalue weighted by atomic mass is 9.99. The van der Waals surface area contributed by atoms with Gasteiger partial charge in [0.2, 0.25) is 16.0 Å². The highest BCUT2D eigenvalue weighted by Gasteiger charge is 2.36. The molecule has 3 N–H and O–H groups in total. The Morgan fingerprint density at radius 3 is 2.42 bits per heavy atom. The van der Waals surface area contributed by atoms with E-state index in [1.807, 2.05) is 0 Å². The van der Waals surface area contributed by atoms with Crippen molar-refractivity contribution in [2.75, 3.05) is 29.4 Å². The number of aromatic nitrogens is 2. The van der Waals surface area contributed by atoms with Crippen molar-refractivity contribution in [3.8, 4) is 0 Å². The Morgan fingerprint density at radius 1 is 1.23 bits per heavy atom. The minimum atomic E-state index is -4.91. The van der Waals surface area contributed by atoms with Crippen molar-refractivity contribution < 1.29 is 30.8 Å². The first-order chi connectivity index (χ1) is 14.4. The minimum absolute atomic E-state index is 0.293. The number of rotatable bonds is 5. The molecule has 1 aliphatic heterocycles. The van der Waals surface area contributed by atoms with Crippen LogP contribution in [0.1, 0.15) is 34.3 Å². The second-order valence-electron chi connectivity index (χ2n) is 7.03. The van der Waals surface area contributed by atoms with Crippen LogP contribution in [0.15, 0.2) is 24.4 Å². The zero-order valence-electron chi connectivity index (χ0n) is 16.3. The van der Waals surface area contributed by atoms with E-state index in [9.17, 15) is 30.8 Å². The first kappa shape index (κ1) is 22.9. The van der Waals surface area contributed by atoms with Gasteiger partial charge in [0.05, 0.1) is 23.4 Å². The normalized spacial score (nSPS) is 15.6. The van der Waals surface area contributed by atoms with Crippen molar-refractivity contribution in [2.24, 2.45) is 0 Å². The highest BCUT2D eigenvalue weighted by Crippen LogP contribution is 2.34. The van der Waals surface area contributed by atoms with E-state index in [0.717, 1.165) is 16.8 Å². The maximum absolute atomic E-state index is 13.6. The highest BCUT2D eigenvalue weighted by molar-refractivity contribution is 7.92. The summed E-state index contributed by atoms with van der Waals surface area (Å²) in [6.07, 6.45) is -2.12. The van der Waals surface area contributed by atoms with Gasteiger partial charge < -0.3 is 11.1 Å². The van der Waals surface area contributed by atoms with Gasteiger partial charge in [-0.25, -0.2) is 22.1 Å². The summed E-state index contributed by atoms with van der Waals surface area (Å²) in [4.78, 5) is 20.5. The first-order valence-corrected chi connectivity index (χ1v) is 11.0. The summed E-state index contributed by atoms with van der Waals surface area (Å²) in [6, 6.07) is 1.05. The molecule has 1 aromatic carbocycles. The standard InChI is InChI=1S/C18H19F4N5O3S/c1-31(29,30)27(11-4-6-24-7-5-11)17-25-9-13(16(23)26-17)15(28)12-8-10(19)2-3-14(12)18(20,21)22/h2-3,8-9,11,24H,4-7H2,1H3,(H2,23,25,26). The quantitative estimate of drug-likeness (QED) is 0.516. The fourth-order valence-electron chi connectivity index (χ4n) is 3.39. The third kappa shape index (κ3) is 4.93. The van der Waals surface area contributed by atoms with Crippen LogP contribution in [0.4, 0.5) is 29.3 Å². The fourth-order valence-corrected chi connectivity index (χ4v) is 4.52. The number of nitrogen functional groups attached to an aromatic ring is 1. The molecule has 168 valence electrons. The molecule has 3 rings (SSSR count). The van der Waals surface area contributed by atoms with Crippen molar-refractivity contribution in [1.82, 2.24) is 15.3 Å². The number of ketones is 1. The lowest BCUT2D eigenvalue weighted by Gasteiger charge is -2.32. The molecule has 0 spiro atoms. The molecule has 8 nitrogen and oxygen atoms in total. The maximum atomic E-state index is 13.6. The molecule has 0 amide bonds. The number of anilines is 2. The molecule has 0 unspecified atom stereocenters. The Bertz CT molecular complexity index is 1100. The summed E-state index contributed by atoms with van der Waals surface area (Å²) in [5, 5.41) is 3.09. The molecule has 0 atom stereocenters. The predicted molar refractivity (Wildman–Crippen MR) is 104 cm³/mol. The third-order valence-corrected chi connectivity index (χ3v) is 5.95. The van der Waals surface area contributed by atoms with Crippen LogP contribution < -0.4 is 15.4 Å². The Morgan fingerprint density at radius 2 is 1.87 bits per heavy atom. The van der Waals surface area contributed by atoms with Gasteiger partial charge >= 0.3 is 6.18 Å². The Balaban J connectivity index is 2.03. The number of alkyl halides is 3. The lowest BCUT2D eigenvalue weighted by Crippen LogP contribution is -2.46. The zero-order chi connectivity index (χ0) is 23.0. The number of nitrogens with one attached hydrogen (secondary N) is 1. The van der Waals surface area contributed by atoms with Gasteiger partial charge in [-0.05, 0) is 44.1 Å². The van der Waals surface area contributed by atoms with E-state index in [-0.39, 0.29) is 5.95 Å². The number of nitrogens with zero attached hydrogens (tertiary/aromatic N) is 3. The molecule has 1 fully saturated rings. The number of carbonyl (C=O) groups excluding carboxylic acids is 1. The van der Waals surface area contributed by atoms with E-state index in [1.54, 1.807) is 0 Å². The summed E-state index contributed by atoms with van der Waals surface area (Å²) >= 11 is 0. The van der Waals surface area contributed by atoms with Gasteiger partial charge in [-0.3, -0.25) is 4.79 Å². The Kier molecular flexibility index (Phi) is 6.18. The Hall–Kier alpha value is -2.80. The summed E-state index contributed by atoms with van der Waals surface area (Å²) in [6.45, 7) is 1.14. The molecule has 0 aliphatic carbocycles. The van der Waals surface area contributed by atoms with E-state index in [1.165, 1.54) is 0 Å². The average Bonchev–Trinajstić information content (AvgIpc) is 2.66. The second-order valence-corrected chi connectivity index (χ2v) is 8.89. The molecule has 0 radical (unpaired) electrons. The highest BCUT2D eigenvalue weighted by atomic mass is 32.2. The number of halogens is 4. The van der Waals surface area contributed by atoms with Gasteiger partial charge in [0.1, 0.15) is 11.6 Å². The van der Waals surface area contributed by atoms with Crippen LogP contribution in [-0.2, 0) is 16.2 Å². The predicted octanol–water partition coefficient (Wildman–Crippen LogP) is 1.97. The molecule has 31 heavy (non-hydrogen) atoms. The molecule has 1 aromatic heterocycles. The number of nitrogens with two attached hydrogens (primary N) is 1. The molecule has 0 saturated carbocycles. The van der Waals surface area contributed by atoms with Crippen molar-refractivity contribution in [2.45, 2.75) is 25.1 Å². The smallest absolute Gasteiger partial charge is 0.383 e. The third-order valence-electron chi connectivity index (χ3n) is 4.78. The maximum Gasteiger partial charge on any atom is 0.417 e. The molecule has 2 heterocycles. The van der Waals surface area contributed by atoms with Crippen LogP contribution in [0.2, 0.25) is 0 Å². The van der Waals surface area contributed by atoms with Crippen LogP contribution in [0.25, 0.3) is 0 Å². The van der Waals surface area contributed by atoms with Crippen molar-refractivity contribution in [3.63, 3.8) is 0 Å². The molecule has 1 saturated heterocycles. The van der Waals surface area contributed by atoms with Crippen molar-refractivity contribution in [3.05, 3.63) is 46.9 Å². The van der Waals surface area contributed by atoms with Gasteiger partial charge in [0, 0.05) is 11.8 Å². The number of sulfonamides is 1. The van der Waals surface area contributed by atoms with Crippen LogP contribution >= 0.6 is 0 Å². The van der Waals surface area contributed by atoms with Crippen LogP contribution in [0.5, 0.6) is 0 Å². The number of benzene rings is 1. The summed E-state index contributed by atoms with van der Waals surface area (Å²) in [5.74, 6) is -3.08. The van der Waals surface area contributed by atoms with Crippen LogP contribution in [-0.4, -0.2) is 49.6 Å². The van der Waals surface area contributed by atoms with Gasteiger partial charge in [-0.2, -0.15) is 18.2 Å². The van der Waals surface area contributed by atoms with Crippen molar-refractivity contribution in [1.29, 1.82) is 0 Å². The zero-order valence-corrected chi connectivity index (χ0v) is 17.1. The molecular weight excluding hydrogens is 442 g/mol. The van der Waals surface area contributed by atoms with Crippen molar-refractivity contribution >= 4 is 27.6 Å². The van der Waals surface area contributed by atoms with E-state index in [0.29, 0.717) is 44.1 Å². The first-order valence-electron chi connectivity index (χ1n) is 9.13. The van der Waals surface area contributed by atoms with Gasteiger partial charge in [-0.15, -0.1) is 0 Å². The van der Waals surface area contributed by atoms with Gasteiger partial charge in [0.25, 0.3) is 0 Å². The van der Waals surface area contributed by atoms with Crippen LogP contribution in [0.3, 0.4) is 0 Å². The number of piperidine rings is 1. The van der Waals surface area contributed by atoms with E-state index >= 15 is 0 Å². The van der Waals surface area contributed by atoms with E-state index < -0.39 is 56.4 Å². The fraction of sp³-hybridized carbons (Fsp3) is 0.389. The summed E-state index contributed by atoms with van der Waals surface area (Å²) < 4.78 is 78.9. The summed E-state index contributed by atoms with van der Waals surface area (Å²) in [7, 11) is -3.81. The summed E-state index contributed by atoms with van der Waals surface area (Å²) in [5.41, 5.74) is 3.00. The molecular formula is C18H19F4N5O3S. The largest absolute Gasteiger partial charge is 0.417 e. The molecule has 2 aromatic rings. The topological polar surface area (TPSA) is 118 Å². The number of hydrogen-bond donors (Lipinski definition) is 2. The minimum Gasteiger partial charge on any atom is -0.383 e. The number of hydrogen-bond acceptors (Lipinski definition) is 7. The molecule has 1 aliphatic rings. The lowest BCUT2D eigenvalue weighted by molar-refractivity contribution is -0.137. The second kappa shape index (κ2) is 8.38. The molecule has 13 heteroatoms. The van der Waals surface area contributed by atoms with Crippen LogP contribution in [0, 0.1) is 5.82 Å². The van der Waals surface area contributed by atoms with E-state index in [4.69, 9.17) is 5.73 Å².